The molecular weight excluding hydrogens is 266 g/mol. The predicted octanol–water partition coefficient (Wildman–Crippen LogP) is 2.72. The molecule has 2 heterocycles. The van der Waals surface area contributed by atoms with Crippen molar-refractivity contribution in [1.82, 2.24) is 4.98 Å². The molecule has 0 fully saturated rings. The summed E-state index contributed by atoms with van der Waals surface area (Å²) in [6, 6.07) is 5.58. The van der Waals surface area contributed by atoms with E-state index in [1.165, 1.54) is 11.3 Å². The second-order valence-electron chi connectivity index (χ2n) is 3.83. The van der Waals surface area contributed by atoms with E-state index in [0.717, 1.165) is 16.3 Å². The Morgan fingerprint density at radius 1 is 1.42 bits per heavy atom. The van der Waals surface area contributed by atoms with Crippen LogP contribution >= 0.6 is 11.3 Å². The number of esters is 1. The first-order valence-corrected chi connectivity index (χ1v) is 6.68. The lowest BCUT2D eigenvalue weighted by atomic mass is 10.2. The predicted molar refractivity (Wildman–Crippen MR) is 69.6 cm³/mol. The summed E-state index contributed by atoms with van der Waals surface area (Å²) in [5, 5.41) is 2.44. The van der Waals surface area contributed by atoms with Gasteiger partial charge in [0.05, 0.1) is 6.61 Å². The second kappa shape index (κ2) is 4.89. The molecule has 1 aromatic carbocycles. The van der Waals surface area contributed by atoms with Crippen molar-refractivity contribution in [3.05, 3.63) is 29.3 Å². The van der Waals surface area contributed by atoms with Gasteiger partial charge in [0.25, 0.3) is 0 Å². The highest BCUT2D eigenvalue weighted by molar-refractivity contribution is 7.13. The van der Waals surface area contributed by atoms with Crippen LogP contribution < -0.4 is 9.47 Å². The molecule has 0 amide bonds. The van der Waals surface area contributed by atoms with E-state index < -0.39 is 5.97 Å². The number of nitrogens with zero attached hydrogens (tertiary/aromatic N) is 1. The van der Waals surface area contributed by atoms with Gasteiger partial charge in [0, 0.05) is 10.9 Å². The first kappa shape index (κ1) is 12.0. The van der Waals surface area contributed by atoms with Gasteiger partial charge in [-0.25, -0.2) is 9.78 Å². The molecule has 19 heavy (non-hydrogen) atoms. The van der Waals surface area contributed by atoms with E-state index in [-0.39, 0.29) is 6.79 Å². The Morgan fingerprint density at radius 3 is 3.11 bits per heavy atom. The molecule has 0 aliphatic carbocycles. The molecule has 0 radical (unpaired) electrons. The maximum Gasteiger partial charge on any atom is 0.357 e. The van der Waals surface area contributed by atoms with Crippen molar-refractivity contribution in [1.29, 1.82) is 0 Å². The van der Waals surface area contributed by atoms with E-state index >= 15 is 0 Å². The number of hydrogen-bond donors (Lipinski definition) is 0. The largest absolute Gasteiger partial charge is 0.461 e. The highest BCUT2D eigenvalue weighted by Gasteiger charge is 2.17. The lowest BCUT2D eigenvalue weighted by Crippen LogP contribution is -2.04. The van der Waals surface area contributed by atoms with Crippen LogP contribution in [0.25, 0.3) is 10.6 Å². The van der Waals surface area contributed by atoms with Crippen LogP contribution in [-0.2, 0) is 4.74 Å². The third-order valence-electron chi connectivity index (χ3n) is 2.61. The number of hydrogen-bond acceptors (Lipinski definition) is 6. The van der Waals surface area contributed by atoms with E-state index in [2.05, 4.69) is 4.98 Å². The van der Waals surface area contributed by atoms with E-state index in [0.29, 0.717) is 18.1 Å². The van der Waals surface area contributed by atoms with Crippen molar-refractivity contribution in [2.24, 2.45) is 0 Å². The Labute approximate surface area is 113 Å². The minimum Gasteiger partial charge on any atom is -0.461 e. The van der Waals surface area contributed by atoms with Crippen LogP contribution in [0.15, 0.2) is 23.6 Å². The molecule has 0 saturated carbocycles. The highest BCUT2D eigenvalue weighted by atomic mass is 32.1. The summed E-state index contributed by atoms with van der Waals surface area (Å²) in [5.74, 6) is 1.03. The highest BCUT2D eigenvalue weighted by Crippen LogP contribution is 2.36. The summed E-state index contributed by atoms with van der Waals surface area (Å²) in [6.45, 7) is 2.35. The Hall–Kier alpha value is -2.08. The number of carbonyl (C=O) groups is 1. The number of carbonyl (C=O) groups excluding carboxylic acids is 1. The Morgan fingerprint density at radius 2 is 2.26 bits per heavy atom. The fraction of sp³-hybridized carbons (Fsp3) is 0.231. The number of fused-ring (bicyclic) bond motifs is 1. The normalized spacial score (nSPS) is 12.5. The first-order valence-electron chi connectivity index (χ1n) is 5.80. The van der Waals surface area contributed by atoms with Crippen molar-refractivity contribution in [3.8, 4) is 22.1 Å². The smallest absolute Gasteiger partial charge is 0.357 e. The molecule has 0 spiro atoms. The van der Waals surface area contributed by atoms with Gasteiger partial charge in [0.1, 0.15) is 5.01 Å². The Balaban J connectivity index is 1.88. The second-order valence-corrected chi connectivity index (χ2v) is 4.68. The fourth-order valence-corrected chi connectivity index (χ4v) is 2.52. The SMILES string of the molecule is CCOC(=O)c1csc(-c2ccc3c(c2)OCO3)n1. The van der Waals surface area contributed by atoms with Gasteiger partial charge in [-0.05, 0) is 25.1 Å². The van der Waals surface area contributed by atoms with Crippen LogP contribution in [-0.4, -0.2) is 24.4 Å². The topological polar surface area (TPSA) is 57.7 Å². The van der Waals surface area contributed by atoms with E-state index in [4.69, 9.17) is 14.2 Å². The molecule has 0 bridgehead atoms. The zero-order chi connectivity index (χ0) is 13.2. The zero-order valence-corrected chi connectivity index (χ0v) is 11.0. The van der Waals surface area contributed by atoms with Crippen LogP contribution in [0, 0.1) is 0 Å². The molecule has 6 heteroatoms. The molecule has 5 nitrogen and oxygen atoms in total. The van der Waals surface area contributed by atoms with Crippen molar-refractivity contribution >= 4 is 17.3 Å². The molecule has 1 aliphatic rings. The Bertz CT molecular complexity index is 623. The quantitative estimate of drug-likeness (QED) is 0.807. The van der Waals surface area contributed by atoms with Crippen LogP contribution in [0.5, 0.6) is 11.5 Å². The van der Waals surface area contributed by atoms with Crippen LogP contribution in [0.3, 0.4) is 0 Å². The molecule has 1 aromatic heterocycles. The summed E-state index contributed by atoms with van der Waals surface area (Å²) in [5.41, 5.74) is 1.23. The van der Waals surface area contributed by atoms with Gasteiger partial charge in [0.2, 0.25) is 6.79 Å². The fourth-order valence-electron chi connectivity index (χ4n) is 1.73. The van der Waals surface area contributed by atoms with Crippen molar-refractivity contribution in [3.63, 3.8) is 0 Å². The van der Waals surface area contributed by atoms with E-state index in [9.17, 15) is 4.79 Å². The van der Waals surface area contributed by atoms with Crippen molar-refractivity contribution < 1.29 is 19.0 Å². The summed E-state index contributed by atoms with van der Waals surface area (Å²) in [7, 11) is 0. The Kier molecular flexibility index (Phi) is 3.08. The summed E-state index contributed by atoms with van der Waals surface area (Å²) in [4.78, 5) is 15.8. The lowest BCUT2D eigenvalue weighted by molar-refractivity contribution is 0.0520. The molecular formula is C13H11NO4S. The van der Waals surface area contributed by atoms with E-state index in [1.54, 1.807) is 12.3 Å². The number of aromatic nitrogens is 1. The van der Waals surface area contributed by atoms with Crippen LogP contribution in [0.2, 0.25) is 0 Å². The molecule has 98 valence electrons. The monoisotopic (exact) mass is 277 g/mol. The summed E-state index contributed by atoms with van der Waals surface area (Å²) >= 11 is 1.39. The first-order chi connectivity index (χ1) is 9.28. The van der Waals surface area contributed by atoms with Gasteiger partial charge in [-0.15, -0.1) is 11.3 Å². The molecule has 0 N–H and O–H groups in total. The zero-order valence-electron chi connectivity index (χ0n) is 10.2. The maximum atomic E-state index is 11.6. The third-order valence-corrected chi connectivity index (χ3v) is 3.50. The molecule has 0 unspecified atom stereocenters. The molecule has 2 aromatic rings. The van der Waals surface area contributed by atoms with Crippen LogP contribution in [0.1, 0.15) is 17.4 Å². The summed E-state index contributed by atoms with van der Waals surface area (Å²) in [6.07, 6.45) is 0. The standard InChI is InChI=1S/C13H11NO4S/c1-2-16-13(15)9-6-19-12(14-9)8-3-4-10-11(5-8)18-7-17-10/h3-6H,2,7H2,1H3. The molecule has 0 saturated heterocycles. The van der Waals surface area contributed by atoms with Gasteiger partial charge in [-0.1, -0.05) is 0 Å². The van der Waals surface area contributed by atoms with Gasteiger partial charge < -0.3 is 14.2 Å². The summed E-state index contributed by atoms with van der Waals surface area (Å²) < 4.78 is 15.5. The van der Waals surface area contributed by atoms with Gasteiger partial charge in [-0.3, -0.25) is 0 Å². The van der Waals surface area contributed by atoms with Crippen LogP contribution in [0.4, 0.5) is 0 Å². The number of thiazole rings is 1. The lowest BCUT2D eigenvalue weighted by Gasteiger charge is -1.99. The number of benzene rings is 1. The maximum absolute atomic E-state index is 11.6. The average molecular weight is 277 g/mol. The molecule has 3 rings (SSSR count). The molecule has 0 atom stereocenters. The van der Waals surface area contributed by atoms with Gasteiger partial charge in [-0.2, -0.15) is 0 Å². The third kappa shape index (κ3) is 2.26. The average Bonchev–Trinajstić information content (AvgIpc) is 3.07. The van der Waals surface area contributed by atoms with Crippen molar-refractivity contribution in [2.75, 3.05) is 13.4 Å². The van der Waals surface area contributed by atoms with Gasteiger partial charge in [0.15, 0.2) is 17.2 Å². The minimum absolute atomic E-state index is 0.241. The van der Waals surface area contributed by atoms with E-state index in [1.807, 2.05) is 18.2 Å². The number of rotatable bonds is 3. The van der Waals surface area contributed by atoms with Gasteiger partial charge >= 0.3 is 5.97 Å². The number of ether oxygens (including phenoxy) is 3. The minimum atomic E-state index is -0.397. The molecule has 1 aliphatic heterocycles. The van der Waals surface area contributed by atoms with Crippen molar-refractivity contribution in [2.45, 2.75) is 6.92 Å².